The quantitative estimate of drug-likeness (QED) is 0.581. The first-order chi connectivity index (χ1) is 15.1. The minimum atomic E-state index is -0.453. The van der Waals surface area contributed by atoms with Gasteiger partial charge in [-0.2, -0.15) is 0 Å². The van der Waals surface area contributed by atoms with Crippen molar-refractivity contribution < 1.29 is 14.3 Å². The maximum Gasteiger partial charge on any atom is 0.240 e. The van der Waals surface area contributed by atoms with E-state index in [1.165, 1.54) is 11.8 Å². The van der Waals surface area contributed by atoms with E-state index in [0.717, 1.165) is 30.0 Å². The van der Waals surface area contributed by atoms with Crippen molar-refractivity contribution in [2.24, 2.45) is 0 Å². The third-order valence-corrected chi connectivity index (χ3v) is 6.26. The molecule has 1 aliphatic heterocycles. The Balaban J connectivity index is 1.65. The Morgan fingerprint density at radius 1 is 1.13 bits per heavy atom. The average Bonchev–Trinajstić information content (AvgIpc) is 3.20. The molecule has 9 heteroatoms. The highest BCUT2D eigenvalue weighted by atomic mass is 32.2. The lowest BCUT2D eigenvalue weighted by atomic mass is 10.0. The summed E-state index contributed by atoms with van der Waals surface area (Å²) in [5.74, 6) is 2.18. The van der Waals surface area contributed by atoms with Crippen LogP contribution in [0.25, 0.3) is 0 Å². The first kappa shape index (κ1) is 21.0. The summed E-state index contributed by atoms with van der Waals surface area (Å²) in [5.41, 5.74) is 5.12. The summed E-state index contributed by atoms with van der Waals surface area (Å²) in [5, 5.41) is 11.8. The number of carbonyl (C=O) groups is 1. The number of hydrogen-bond donors (Lipinski definition) is 2. The SMILES string of the molecule is CCCc1nnc2n1NC(c1ccc(OC)cc1)C(C(=O)Nc1cccc(OC)c1)S2. The van der Waals surface area contributed by atoms with E-state index in [-0.39, 0.29) is 11.9 Å². The molecule has 0 spiro atoms. The van der Waals surface area contributed by atoms with Crippen molar-refractivity contribution >= 4 is 23.4 Å². The van der Waals surface area contributed by atoms with Gasteiger partial charge >= 0.3 is 0 Å². The largest absolute Gasteiger partial charge is 0.497 e. The van der Waals surface area contributed by atoms with Crippen LogP contribution in [-0.2, 0) is 11.2 Å². The number of amides is 1. The zero-order valence-corrected chi connectivity index (χ0v) is 18.5. The van der Waals surface area contributed by atoms with E-state index in [0.29, 0.717) is 16.6 Å². The summed E-state index contributed by atoms with van der Waals surface area (Å²) in [4.78, 5) is 13.3. The van der Waals surface area contributed by atoms with Gasteiger partial charge in [-0.3, -0.25) is 4.79 Å². The van der Waals surface area contributed by atoms with E-state index in [1.807, 2.05) is 47.1 Å². The number of anilines is 1. The van der Waals surface area contributed by atoms with Crippen LogP contribution in [0.1, 0.15) is 30.8 Å². The molecule has 1 aliphatic rings. The van der Waals surface area contributed by atoms with E-state index >= 15 is 0 Å². The van der Waals surface area contributed by atoms with Crippen LogP contribution in [0.3, 0.4) is 0 Å². The maximum atomic E-state index is 13.3. The van der Waals surface area contributed by atoms with Crippen molar-refractivity contribution in [2.75, 3.05) is 25.0 Å². The number of methoxy groups -OCH3 is 2. The molecule has 8 nitrogen and oxygen atoms in total. The second-order valence-corrected chi connectivity index (χ2v) is 8.23. The number of hydrogen-bond acceptors (Lipinski definition) is 7. The van der Waals surface area contributed by atoms with Gasteiger partial charge in [-0.05, 0) is 36.2 Å². The first-order valence-corrected chi connectivity index (χ1v) is 11.0. The molecule has 2 N–H and O–H groups in total. The molecule has 4 rings (SSSR count). The van der Waals surface area contributed by atoms with Gasteiger partial charge in [0.05, 0.1) is 20.3 Å². The van der Waals surface area contributed by atoms with Crippen LogP contribution >= 0.6 is 11.8 Å². The van der Waals surface area contributed by atoms with Gasteiger partial charge in [0.2, 0.25) is 11.1 Å². The topological polar surface area (TPSA) is 90.3 Å². The Labute approximate surface area is 185 Å². The summed E-state index contributed by atoms with van der Waals surface area (Å²) in [6.07, 6.45) is 1.76. The lowest BCUT2D eigenvalue weighted by Crippen LogP contribution is -2.41. The second-order valence-electron chi connectivity index (χ2n) is 7.12. The predicted octanol–water partition coefficient (Wildman–Crippen LogP) is 3.65. The number of aromatic nitrogens is 3. The van der Waals surface area contributed by atoms with Crippen LogP contribution < -0.4 is 20.2 Å². The van der Waals surface area contributed by atoms with Crippen LogP contribution in [0.5, 0.6) is 11.5 Å². The molecule has 2 unspecified atom stereocenters. The Morgan fingerprint density at radius 3 is 2.61 bits per heavy atom. The summed E-state index contributed by atoms with van der Waals surface area (Å²) < 4.78 is 12.4. The molecule has 0 fully saturated rings. The highest BCUT2D eigenvalue weighted by molar-refractivity contribution is 8.00. The molecular formula is C22H25N5O3S. The number of thioether (sulfide) groups is 1. The molecule has 162 valence electrons. The molecule has 0 saturated heterocycles. The second kappa shape index (κ2) is 9.30. The fraction of sp³-hybridized carbons (Fsp3) is 0.318. The fourth-order valence-electron chi connectivity index (χ4n) is 3.46. The van der Waals surface area contributed by atoms with E-state index < -0.39 is 5.25 Å². The van der Waals surface area contributed by atoms with Crippen LogP contribution in [0.15, 0.2) is 53.7 Å². The number of benzene rings is 2. The summed E-state index contributed by atoms with van der Waals surface area (Å²) in [6.45, 7) is 2.10. The fourth-order valence-corrected chi connectivity index (χ4v) is 4.56. The first-order valence-electron chi connectivity index (χ1n) is 10.1. The molecule has 2 atom stereocenters. The van der Waals surface area contributed by atoms with E-state index in [9.17, 15) is 4.79 Å². The normalized spacial score (nSPS) is 17.4. The molecule has 0 saturated carbocycles. The summed E-state index contributed by atoms with van der Waals surface area (Å²) in [7, 11) is 3.23. The highest BCUT2D eigenvalue weighted by Gasteiger charge is 2.37. The standard InChI is InChI=1S/C22H25N5O3S/c1-4-6-18-24-25-22-27(18)26-19(14-9-11-16(29-2)12-10-14)20(31-22)21(28)23-15-7-5-8-17(13-15)30-3/h5,7-13,19-20,26H,4,6H2,1-3H3,(H,23,28). The van der Waals surface area contributed by atoms with Gasteiger partial charge in [0.1, 0.15) is 16.7 Å². The van der Waals surface area contributed by atoms with Gasteiger partial charge in [-0.15, -0.1) is 10.2 Å². The van der Waals surface area contributed by atoms with Crippen LogP contribution in [0.4, 0.5) is 5.69 Å². The number of rotatable bonds is 7. The Bertz CT molecular complexity index is 1050. The van der Waals surface area contributed by atoms with Crippen molar-refractivity contribution in [2.45, 2.75) is 36.2 Å². The van der Waals surface area contributed by atoms with Crippen molar-refractivity contribution in [3.05, 3.63) is 59.9 Å². The van der Waals surface area contributed by atoms with Crippen molar-refractivity contribution in [1.29, 1.82) is 0 Å². The molecule has 1 aromatic heterocycles. The van der Waals surface area contributed by atoms with Gasteiger partial charge in [0, 0.05) is 18.2 Å². The molecule has 3 aromatic rings. The molecule has 0 aliphatic carbocycles. The van der Waals surface area contributed by atoms with Gasteiger partial charge in [0.25, 0.3) is 0 Å². The van der Waals surface area contributed by atoms with Crippen molar-refractivity contribution in [3.63, 3.8) is 0 Å². The number of nitrogens with one attached hydrogen (secondary N) is 2. The number of fused-ring (bicyclic) bond motifs is 1. The summed E-state index contributed by atoms with van der Waals surface area (Å²) in [6, 6.07) is 14.8. The zero-order chi connectivity index (χ0) is 21.8. The van der Waals surface area contributed by atoms with Crippen LogP contribution in [0, 0.1) is 0 Å². The van der Waals surface area contributed by atoms with Crippen molar-refractivity contribution in [3.8, 4) is 11.5 Å². The van der Waals surface area contributed by atoms with Crippen LogP contribution in [-0.4, -0.2) is 40.3 Å². The third-order valence-electron chi connectivity index (χ3n) is 5.05. The van der Waals surface area contributed by atoms with E-state index in [1.54, 1.807) is 20.3 Å². The third kappa shape index (κ3) is 4.46. The highest BCUT2D eigenvalue weighted by Crippen LogP contribution is 2.38. The molecule has 0 bridgehead atoms. The molecular weight excluding hydrogens is 414 g/mol. The Hall–Kier alpha value is -3.20. The lowest BCUT2D eigenvalue weighted by Gasteiger charge is -2.33. The predicted molar refractivity (Wildman–Crippen MR) is 120 cm³/mol. The smallest absolute Gasteiger partial charge is 0.240 e. The zero-order valence-electron chi connectivity index (χ0n) is 17.7. The monoisotopic (exact) mass is 439 g/mol. The van der Waals surface area contributed by atoms with Crippen molar-refractivity contribution in [1.82, 2.24) is 14.9 Å². The lowest BCUT2D eigenvalue weighted by molar-refractivity contribution is -0.116. The number of aryl methyl sites for hydroxylation is 1. The number of ether oxygens (including phenoxy) is 2. The van der Waals surface area contributed by atoms with E-state index in [2.05, 4.69) is 27.9 Å². The molecule has 1 amide bonds. The average molecular weight is 440 g/mol. The van der Waals surface area contributed by atoms with Gasteiger partial charge in [-0.25, -0.2) is 4.68 Å². The van der Waals surface area contributed by atoms with Gasteiger partial charge in [-0.1, -0.05) is 36.9 Å². The molecule has 31 heavy (non-hydrogen) atoms. The minimum absolute atomic E-state index is 0.127. The molecule has 0 radical (unpaired) electrons. The Morgan fingerprint density at radius 2 is 1.90 bits per heavy atom. The van der Waals surface area contributed by atoms with Gasteiger partial charge < -0.3 is 20.2 Å². The molecule has 2 heterocycles. The van der Waals surface area contributed by atoms with Gasteiger partial charge in [0.15, 0.2) is 5.82 Å². The van der Waals surface area contributed by atoms with Crippen LogP contribution in [0.2, 0.25) is 0 Å². The Kier molecular flexibility index (Phi) is 6.31. The summed E-state index contributed by atoms with van der Waals surface area (Å²) >= 11 is 1.41. The maximum absolute atomic E-state index is 13.3. The number of nitrogens with zero attached hydrogens (tertiary/aromatic N) is 3. The number of carbonyl (C=O) groups excluding carboxylic acids is 1. The van der Waals surface area contributed by atoms with E-state index in [4.69, 9.17) is 9.47 Å². The molecule has 2 aromatic carbocycles. The minimum Gasteiger partial charge on any atom is -0.497 e.